The van der Waals surface area contributed by atoms with Crippen molar-refractivity contribution in [2.24, 2.45) is 0 Å². The number of rotatable bonds is 3. The van der Waals surface area contributed by atoms with Crippen LogP contribution in [0.4, 0.5) is 21.5 Å². The van der Waals surface area contributed by atoms with Crippen molar-refractivity contribution in [3.8, 4) is 0 Å². The predicted octanol–water partition coefficient (Wildman–Crippen LogP) is 3.61. The normalized spacial score (nSPS) is 10.2. The topological polar surface area (TPSA) is 75.3 Å². The van der Waals surface area contributed by atoms with E-state index in [1.54, 1.807) is 12.1 Å². The molecule has 0 aliphatic rings. The standard InChI is InChI=1S/C13H10BrFN2O2/c14-7-1-4-12(10(15)5-7)17-8-2-3-9(13(18)19)11(16)6-8/h1-6,17H,16H2,(H,18,19). The van der Waals surface area contributed by atoms with Crippen LogP contribution < -0.4 is 11.1 Å². The third-order valence-corrected chi connectivity index (χ3v) is 2.99. The van der Waals surface area contributed by atoms with Crippen LogP contribution in [0.2, 0.25) is 0 Å². The number of carboxylic acid groups (broad SMARTS) is 1. The Bertz CT molecular complexity index is 647. The number of nitrogens with one attached hydrogen (secondary N) is 1. The molecule has 0 spiro atoms. The van der Waals surface area contributed by atoms with Gasteiger partial charge in [-0.15, -0.1) is 0 Å². The Morgan fingerprint density at radius 3 is 2.58 bits per heavy atom. The molecule has 4 nitrogen and oxygen atoms in total. The average Bonchev–Trinajstić information content (AvgIpc) is 2.32. The van der Waals surface area contributed by atoms with Gasteiger partial charge in [0.15, 0.2) is 0 Å². The number of hydrogen-bond acceptors (Lipinski definition) is 3. The van der Waals surface area contributed by atoms with Gasteiger partial charge in [-0.05, 0) is 36.4 Å². The summed E-state index contributed by atoms with van der Waals surface area (Å²) < 4.78 is 14.3. The highest BCUT2D eigenvalue weighted by Gasteiger charge is 2.09. The first-order valence-electron chi connectivity index (χ1n) is 5.32. The minimum absolute atomic E-state index is 0.0156. The van der Waals surface area contributed by atoms with Gasteiger partial charge in [0.2, 0.25) is 0 Å². The highest BCUT2D eigenvalue weighted by atomic mass is 79.9. The summed E-state index contributed by atoms with van der Waals surface area (Å²) in [6, 6.07) is 8.95. The van der Waals surface area contributed by atoms with E-state index in [9.17, 15) is 9.18 Å². The van der Waals surface area contributed by atoms with Crippen molar-refractivity contribution in [2.75, 3.05) is 11.1 Å². The van der Waals surface area contributed by atoms with E-state index in [-0.39, 0.29) is 16.9 Å². The Morgan fingerprint density at radius 2 is 2.00 bits per heavy atom. The predicted molar refractivity (Wildman–Crippen MR) is 75.2 cm³/mol. The molecular formula is C13H10BrFN2O2. The molecule has 2 rings (SSSR count). The lowest BCUT2D eigenvalue weighted by Crippen LogP contribution is -2.03. The first-order valence-corrected chi connectivity index (χ1v) is 6.11. The van der Waals surface area contributed by atoms with E-state index in [1.807, 2.05) is 0 Å². The molecule has 2 aromatic rings. The van der Waals surface area contributed by atoms with Gasteiger partial charge >= 0.3 is 5.97 Å². The lowest BCUT2D eigenvalue weighted by molar-refractivity contribution is 0.0698. The average molecular weight is 325 g/mol. The van der Waals surface area contributed by atoms with E-state index in [0.29, 0.717) is 10.2 Å². The molecule has 0 atom stereocenters. The second-order valence-electron chi connectivity index (χ2n) is 3.86. The van der Waals surface area contributed by atoms with Crippen LogP contribution in [0.1, 0.15) is 10.4 Å². The zero-order valence-corrected chi connectivity index (χ0v) is 11.2. The number of halogens is 2. The van der Waals surface area contributed by atoms with Gasteiger partial charge in [0.1, 0.15) is 5.82 Å². The van der Waals surface area contributed by atoms with Crippen molar-refractivity contribution in [3.63, 3.8) is 0 Å². The van der Waals surface area contributed by atoms with Crippen LogP contribution in [-0.2, 0) is 0 Å². The molecule has 0 bridgehead atoms. The molecule has 19 heavy (non-hydrogen) atoms. The third kappa shape index (κ3) is 3.03. The van der Waals surface area contributed by atoms with Crippen molar-refractivity contribution in [1.29, 1.82) is 0 Å². The quantitative estimate of drug-likeness (QED) is 0.754. The lowest BCUT2D eigenvalue weighted by Gasteiger charge is -2.09. The maximum Gasteiger partial charge on any atom is 0.337 e. The number of anilines is 3. The van der Waals surface area contributed by atoms with Crippen LogP contribution in [0.15, 0.2) is 40.9 Å². The summed E-state index contributed by atoms with van der Waals surface area (Å²) in [7, 11) is 0. The maximum absolute atomic E-state index is 13.6. The van der Waals surface area contributed by atoms with Gasteiger partial charge in [0.25, 0.3) is 0 Å². The molecule has 0 aromatic heterocycles. The Morgan fingerprint density at radius 1 is 1.26 bits per heavy atom. The third-order valence-electron chi connectivity index (χ3n) is 2.49. The van der Waals surface area contributed by atoms with Crippen LogP contribution in [0.25, 0.3) is 0 Å². The van der Waals surface area contributed by atoms with Crippen LogP contribution in [0.5, 0.6) is 0 Å². The highest BCUT2D eigenvalue weighted by molar-refractivity contribution is 9.10. The van der Waals surface area contributed by atoms with E-state index >= 15 is 0 Å². The summed E-state index contributed by atoms with van der Waals surface area (Å²) >= 11 is 3.17. The van der Waals surface area contributed by atoms with Crippen LogP contribution in [0, 0.1) is 5.82 Å². The number of nitrogen functional groups attached to an aromatic ring is 1. The van der Waals surface area contributed by atoms with E-state index < -0.39 is 11.8 Å². The molecule has 0 aliphatic heterocycles. The molecule has 0 saturated heterocycles. The van der Waals surface area contributed by atoms with Crippen LogP contribution in [0.3, 0.4) is 0 Å². The van der Waals surface area contributed by atoms with Crippen molar-refractivity contribution < 1.29 is 14.3 Å². The van der Waals surface area contributed by atoms with E-state index in [4.69, 9.17) is 10.8 Å². The summed E-state index contributed by atoms with van der Waals surface area (Å²) in [4.78, 5) is 10.8. The molecule has 2 aromatic carbocycles. The van der Waals surface area contributed by atoms with Gasteiger partial charge in [-0.2, -0.15) is 0 Å². The number of benzene rings is 2. The molecule has 0 unspecified atom stereocenters. The molecule has 0 heterocycles. The van der Waals surface area contributed by atoms with Crippen LogP contribution >= 0.6 is 15.9 Å². The number of nitrogens with two attached hydrogens (primary N) is 1. The fourth-order valence-corrected chi connectivity index (χ4v) is 1.91. The summed E-state index contributed by atoms with van der Waals surface area (Å²) in [6.07, 6.45) is 0. The van der Waals surface area contributed by atoms with Crippen molar-refractivity contribution >= 4 is 39.0 Å². The molecule has 0 aliphatic carbocycles. The number of carbonyl (C=O) groups is 1. The zero-order chi connectivity index (χ0) is 14.0. The fourth-order valence-electron chi connectivity index (χ4n) is 1.58. The van der Waals surface area contributed by atoms with Crippen molar-refractivity contribution in [3.05, 3.63) is 52.3 Å². The molecule has 4 N–H and O–H groups in total. The number of hydrogen-bond donors (Lipinski definition) is 3. The molecule has 98 valence electrons. The second-order valence-corrected chi connectivity index (χ2v) is 4.77. The van der Waals surface area contributed by atoms with E-state index in [2.05, 4.69) is 21.2 Å². The van der Waals surface area contributed by atoms with E-state index in [0.717, 1.165) is 0 Å². The van der Waals surface area contributed by atoms with Gasteiger partial charge in [-0.1, -0.05) is 15.9 Å². The van der Waals surface area contributed by atoms with Gasteiger partial charge in [0.05, 0.1) is 11.3 Å². The Balaban J connectivity index is 2.29. The summed E-state index contributed by atoms with van der Waals surface area (Å²) in [5.41, 5.74) is 6.55. The molecule has 0 saturated carbocycles. The maximum atomic E-state index is 13.6. The fraction of sp³-hybridized carbons (Fsp3) is 0. The van der Waals surface area contributed by atoms with Gasteiger partial charge in [0, 0.05) is 15.8 Å². The summed E-state index contributed by atoms with van der Waals surface area (Å²) in [5.74, 6) is -1.52. The molecular weight excluding hydrogens is 315 g/mol. The summed E-state index contributed by atoms with van der Waals surface area (Å²) in [6.45, 7) is 0. The summed E-state index contributed by atoms with van der Waals surface area (Å²) in [5, 5.41) is 11.7. The SMILES string of the molecule is Nc1cc(Nc2ccc(Br)cc2F)ccc1C(=O)O. The number of aromatic carboxylic acids is 1. The molecule has 0 amide bonds. The Kier molecular flexibility index (Phi) is 3.71. The highest BCUT2D eigenvalue weighted by Crippen LogP contribution is 2.25. The molecule has 0 fully saturated rings. The smallest absolute Gasteiger partial charge is 0.337 e. The lowest BCUT2D eigenvalue weighted by atomic mass is 10.1. The molecule has 6 heteroatoms. The van der Waals surface area contributed by atoms with Crippen molar-refractivity contribution in [2.45, 2.75) is 0 Å². The van der Waals surface area contributed by atoms with Gasteiger partial charge in [-0.3, -0.25) is 0 Å². The monoisotopic (exact) mass is 324 g/mol. The largest absolute Gasteiger partial charge is 0.478 e. The first kappa shape index (κ1) is 13.4. The Labute approximate surface area is 117 Å². The second kappa shape index (κ2) is 5.27. The first-order chi connectivity index (χ1) is 8.97. The minimum atomic E-state index is -1.10. The minimum Gasteiger partial charge on any atom is -0.478 e. The molecule has 0 radical (unpaired) electrons. The van der Waals surface area contributed by atoms with Gasteiger partial charge < -0.3 is 16.2 Å². The van der Waals surface area contributed by atoms with Crippen molar-refractivity contribution in [1.82, 2.24) is 0 Å². The van der Waals surface area contributed by atoms with Crippen LogP contribution in [-0.4, -0.2) is 11.1 Å². The van der Waals surface area contributed by atoms with Gasteiger partial charge in [-0.25, -0.2) is 9.18 Å². The Hall–Kier alpha value is -2.08. The number of carboxylic acids is 1. The zero-order valence-electron chi connectivity index (χ0n) is 9.65. The van der Waals surface area contributed by atoms with E-state index in [1.165, 1.54) is 24.3 Å².